The zero-order chi connectivity index (χ0) is 21.4. The van der Waals surface area contributed by atoms with Gasteiger partial charge in [0.2, 0.25) is 0 Å². The molecule has 3 rings (SSSR count). The minimum absolute atomic E-state index is 0.0796. The number of alkyl halides is 6. The molecule has 29 heavy (non-hydrogen) atoms. The van der Waals surface area contributed by atoms with Crippen LogP contribution < -0.4 is 24.8 Å². The Hall–Kier alpha value is -3.02. The second-order valence-corrected chi connectivity index (χ2v) is 6.00. The van der Waals surface area contributed by atoms with Crippen molar-refractivity contribution < 1.29 is 45.3 Å². The number of carbonyl (C=O) groups is 1. The molecule has 1 aliphatic rings. The lowest BCUT2D eigenvalue weighted by atomic mass is 10.3. The number of anilines is 1. The van der Waals surface area contributed by atoms with Crippen LogP contribution in [-0.4, -0.2) is 24.5 Å². The third-order valence-electron chi connectivity index (χ3n) is 3.41. The van der Waals surface area contributed by atoms with Gasteiger partial charge in [0.05, 0.1) is 0 Å². The summed E-state index contributed by atoms with van der Waals surface area (Å²) in [6.45, 7) is 0. The molecule has 0 aromatic heterocycles. The van der Waals surface area contributed by atoms with Gasteiger partial charge in [-0.05, 0) is 36.4 Å². The lowest BCUT2D eigenvalue weighted by Gasteiger charge is -2.29. The van der Waals surface area contributed by atoms with E-state index in [4.69, 9.17) is 21.1 Å². The molecule has 0 spiro atoms. The van der Waals surface area contributed by atoms with Crippen molar-refractivity contribution in [2.45, 2.75) is 18.4 Å². The second kappa shape index (κ2) is 7.10. The second-order valence-electron chi connectivity index (χ2n) is 5.56. The Morgan fingerprint density at radius 3 is 2.17 bits per heavy atom. The predicted octanol–water partition coefficient (Wildman–Crippen LogP) is 5.05. The van der Waals surface area contributed by atoms with E-state index in [1.165, 1.54) is 11.4 Å². The van der Waals surface area contributed by atoms with Gasteiger partial charge in [0.15, 0.2) is 11.5 Å². The standard InChI is InChI=1S/C16H9ClF6N2O4/c17-8-1-6-11-12(7-8)29-15(28-11,14(18,19)20)25-13(26)24-9-2-4-10(5-3-9)27-16(21,22)23/h1-7H,(H2,24,25,26)/t15-/m1/s1. The number of carbonyl (C=O) groups excluding carboxylic acids is 1. The molecule has 1 heterocycles. The van der Waals surface area contributed by atoms with Gasteiger partial charge >= 0.3 is 24.5 Å². The number of hydrogen-bond acceptors (Lipinski definition) is 4. The summed E-state index contributed by atoms with van der Waals surface area (Å²) in [7, 11) is 0. The van der Waals surface area contributed by atoms with Crippen molar-refractivity contribution in [3.63, 3.8) is 0 Å². The fraction of sp³-hybridized carbons (Fsp3) is 0.188. The summed E-state index contributed by atoms with van der Waals surface area (Å²) < 4.78 is 90.2. The maximum Gasteiger partial charge on any atom is 0.573 e. The van der Waals surface area contributed by atoms with Crippen LogP contribution in [0, 0.1) is 0 Å². The van der Waals surface area contributed by atoms with Crippen LogP contribution >= 0.6 is 11.6 Å². The van der Waals surface area contributed by atoms with Crippen molar-refractivity contribution in [3.8, 4) is 17.2 Å². The molecule has 1 atom stereocenters. The van der Waals surface area contributed by atoms with Gasteiger partial charge < -0.3 is 19.5 Å². The fourth-order valence-corrected chi connectivity index (χ4v) is 2.43. The summed E-state index contributed by atoms with van der Waals surface area (Å²) in [5, 5.41) is 3.63. The first-order valence-electron chi connectivity index (χ1n) is 7.56. The number of halogens is 7. The topological polar surface area (TPSA) is 68.8 Å². The Morgan fingerprint density at radius 2 is 1.59 bits per heavy atom. The third-order valence-corrected chi connectivity index (χ3v) is 3.65. The molecule has 0 saturated heterocycles. The van der Waals surface area contributed by atoms with Gasteiger partial charge in [-0.3, -0.25) is 5.32 Å². The van der Waals surface area contributed by atoms with E-state index in [1.54, 1.807) is 0 Å². The number of rotatable bonds is 3. The van der Waals surface area contributed by atoms with Gasteiger partial charge in [0.1, 0.15) is 5.75 Å². The van der Waals surface area contributed by atoms with Crippen molar-refractivity contribution in [2.24, 2.45) is 0 Å². The van der Waals surface area contributed by atoms with Gasteiger partial charge in [-0.25, -0.2) is 4.79 Å². The molecule has 0 radical (unpaired) electrons. The molecule has 156 valence electrons. The molecule has 0 unspecified atom stereocenters. The Kier molecular flexibility index (Phi) is 5.07. The average molecular weight is 443 g/mol. The predicted molar refractivity (Wildman–Crippen MR) is 86.8 cm³/mol. The molecule has 2 aromatic carbocycles. The molecular weight excluding hydrogens is 434 g/mol. The van der Waals surface area contributed by atoms with E-state index in [9.17, 15) is 31.1 Å². The molecule has 0 bridgehead atoms. The van der Waals surface area contributed by atoms with Crippen LogP contribution in [-0.2, 0) is 0 Å². The lowest BCUT2D eigenvalue weighted by Crippen LogP contribution is -2.65. The monoisotopic (exact) mass is 442 g/mol. The zero-order valence-corrected chi connectivity index (χ0v) is 14.6. The van der Waals surface area contributed by atoms with Gasteiger partial charge in [0, 0.05) is 16.8 Å². The molecule has 0 fully saturated rings. The first-order valence-corrected chi connectivity index (χ1v) is 7.94. The Bertz CT molecular complexity index is 919. The van der Waals surface area contributed by atoms with Crippen LogP contribution in [0.1, 0.15) is 0 Å². The normalized spacial score (nSPS) is 18.3. The number of urea groups is 1. The van der Waals surface area contributed by atoms with E-state index in [0.29, 0.717) is 0 Å². The molecule has 1 aliphatic heterocycles. The van der Waals surface area contributed by atoms with E-state index >= 15 is 0 Å². The number of hydrogen-bond donors (Lipinski definition) is 2. The van der Waals surface area contributed by atoms with Crippen molar-refractivity contribution >= 4 is 23.3 Å². The van der Waals surface area contributed by atoms with Crippen molar-refractivity contribution in [1.29, 1.82) is 0 Å². The van der Waals surface area contributed by atoms with Crippen molar-refractivity contribution in [2.75, 3.05) is 5.32 Å². The summed E-state index contributed by atoms with van der Waals surface area (Å²) in [5.41, 5.74) is -0.118. The Labute approximate surface area is 163 Å². The fourth-order valence-electron chi connectivity index (χ4n) is 2.27. The lowest BCUT2D eigenvalue weighted by molar-refractivity contribution is -0.317. The molecule has 0 saturated carbocycles. The van der Waals surface area contributed by atoms with Crippen LogP contribution in [0.5, 0.6) is 17.2 Å². The van der Waals surface area contributed by atoms with Gasteiger partial charge in [0.25, 0.3) is 0 Å². The van der Waals surface area contributed by atoms with Crippen LogP contribution in [0.2, 0.25) is 5.02 Å². The van der Waals surface area contributed by atoms with Gasteiger partial charge in [-0.15, -0.1) is 13.2 Å². The highest BCUT2D eigenvalue weighted by Gasteiger charge is 2.65. The van der Waals surface area contributed by atoms with E-state index in [-0.39, 0.29) is 22.2 Å². The summed E-state index contributed by atoms with van der Waals surface area (Å²) in [6, 6.07) is 5.78. The maximum absolute atomic E-state index is 13.5. The minimum Gasteiger partial charge on any atom is -0.424 e. The molecule has 6 nitrogen and oxygen atoms in total. The third kappa shape index (κ3) is 4.70. The van der Waals surface area contributed by atoms with E-state index in [0.717, 1.165) is 36.4 Å². The quantitative estimate of drug-likeness (QED) is 0.653. The molecule has 2 aromatic rings. The van der Waals surface area contributed by atoms with Crippen LogP contribution in [0.25, 0.3) is 0 Å². The first-order chi connectivity index (χ1) is 13.4. The average Bonchev–Trinajstić information content (AvgIpc) is 2.93. The number of ether oxygens (including phenoxy) is 3. The smallest absolute Gasteiger partial charge is 0.424 e. The first kappa shape index (κ1) is 20.7. The van der Waals surface area contributed by atoms with E-state index < -0.39 is 30.2 Å². The largest absolute Gasteiger partial charge is 0.573 e. The highest BCUT2D eigenvalue weighted by Crippen LogP contribution is 2.46. The summed E-state index contributed by atoms with van der Waals surface area (Å²) in [4.78, 5) is 12.0. The number of benzene rings is 2. The zero-order valence-electron chi connectivity index (χ0n) is 13.8. The Morgan fingerprint density at radius 1 is 0.966 bits per heavy atom. The summed E-state index contributed by atoms with van der Waals surface area (Å²) in [6.07, 6.45) is -10.1. The van der Waals surface area contributed by atoms with Crippen LogP contribution in [0.15, 0.2) is 42.5 Å². The van der Waals surface area contributed by atoms with Gasteiger partial charge in [-0.1, -0.05) is 11.6 Å². The van der Waals surface area contributed by atoms with Gasteiger partial charge in [-0.2, -0.15) is 13.2 Å². The van der Waals surface area contributed by atoms with E-state index in [2.05, 4.69) is 4.74 Å². The van der Waals surface area contributed by atoms with E-state index in [1.807, 2.05) is 5.32 Å². The van der Waals surface area contributed by atoms with Crippen LogP contribution in [0.4, 0.5) is 36.8 Å². The molecule has 13 heteroatoms. The molecule has 2 N–H and O–H groups in total. The SMILES string of the molecule is O=C(Nc1ccc(OC(F)(F)F)cc1)N[C@]1(C(F)(F)F)Oc2ccc(Cl)cc2O1. The molecular formula is C16H9ClF6N2O4. The molecule has 2 amide bonds. The van der Waals surface area contributed by atoms with Crippen molar-refractivity contribution in [3.05, 3.63) is 47.5 Å². The number of fused-ring (bicyclic) bond motifs is 1. The highest BCUT2D eigenvalue weighted by atomic mass is 35.5. The van der Waals surface area contributed by atoms with Crippen LogP contribution in [0.3, 0.4) is 0 Å². The number of nitrogens with one attached hydrogen (secondary N) is 2. The molecule has 0 aliphatic carbocycles. The maximum atomic E-state index is 13.5. The summed E-state index contributed by atoms with van der Waals surface area (Å²) >= 11 is 5.70. The number of amides is 2. The highest BCUT2D eigenvalue weighted by molar-refractivity contribution is 6.30. The Balaban J connectivity index is 1.72. The van der Waals surface area contributed by atoms with Crippen molar-refractivity contribution in [1.82, 2.24) is 5.32 Å². The minimum atomic E-state index is -5.19. The summed E-state index contributed by atoms with van der Waals surface area (Å²) in [5.74, 6) is -4.75.